The van der Waals surface area contributed by atoms with Crippen LogP contribution >= 0.6 is 0 Å². The number of amides is 3. The molecule has 2 aromatic heterocycles. The Morgan fingerprint density at radius 2 is 2.03 bits per heavy atom. The summed E-state index contributed by atoms with van der Waals surface area (Å²) in [7, 11) is 1.79. The number of hydrogen-bond acceptors (Lipinski definition) is 5. The predicted molar refractivity (Wildman–Crippen MR) is 121 cm³/mol. The zero-order valence-electron chi connectivity index (χ0n) is 19.4. The van der Waals surface area contributed by atoms with Crippen LogP contribution in [-0.4, -0.2) is 69.7 Å². The van der Waals surface area contributed by atoms with Gasteiger partial charge >= 0.3 is 12.2 Å². The molecule has 3 amide bonds. The van der Waals surface area contributed by atoms with E-state index in [1.165, 1.54) is 6.20 Å². The van der Waals surface area contributed by atoms with Gasteiger partial charge < -0.3 is 20.9 Å². The van der Waals surface area contributed by atoms with Gasteiger partial charge in [-0.05, 0) is 37.3 Å². The Hall–Kier alpha value is -3.31. The number of carbonyl (C=O) groups excluding carboxylic acids is 2. The van der Waals surface area contributed by atoms with Gasteiger partial charge in [-0.1, -0.05) is 0 Å². The molecule has 2 aromatic rings. The summed E-state index contributed by atoms with van der Waals surface area (Å²) in [5.74, 6) is -0.319. The predicted octanol–water partition coefficient (Wildman–Crippen LogP) is 2.47. The van der Waals surface area contributed by atoms with Crippen molar-refractivity contribution in [1.29, 1.82) is 0 Å². The number of halogens is 3. The quantitative estimate of drug-likeness (QED) is 0.686. The summed E-state index contributed by atoms with van der Waals surface area (Å²) in [6.45, 7) is 2.91. The van der Waals surface area contributed by atoms with E-state index in [-0.39, 0.29) is 28.8 Å². The van der Waals surface area contributed by atoms with Crippen LogP contribution in [0.5, 0.6) is 0 Å². The van der Waals surface area contributed by atoms with Crippen molar-refractivity contribution in [2.45, 2.75) is 43.8 Å². The van der Waals surface area contributed by atoms with E-state index < -0.39 is 17.6 Å². The molecule has 2 saturated heterocycles. The van der Waals surface area contributed by atoms with Crippen molar-refractivity contribution in [3.05, 3.63) is 29.6 Å². The van der Waals surface area contributed by atoms with Crippen molar-refractivity contribution in [3.63, 3.8) is 0 Å². The van der Waals surface area contributed by atoms with Gasteiger partial charge in [0.15, 0.2) is 0 Å². The third kappa shape index (κ3) is 4.30. The Bertz CT molecular complexity index is 1160. The number of nitrogens with two attached hydrogens (primary N) is 1. The first-order chi connectivity index (χ1) is 16.6. The molecule has 188 valence electrons. The molecule has 1 spiro atoms. The third-order valence-corrected chi connectivity index (χ3v) is 7.59. The molecule has 9 nitrogen and oxygen atoms in total. The van der Waals surface area contributed by atoms with E-state index in [0.29, 0.717) is 44.8 Å². The maximum Gasteiger partial charge on any atom is 0.419 e. The van der Waals surface area contributed by atoms with E-state index in [4.69, 9.17) is 5.73 Å². The van der Waals surface area contributed by atoms with E-state index in [1.807, 2.05) is 10.7 Å². The van der Waals surface area contributed by atoms with Crippen LogP contribution in [0.4, 0.5) is 23.8 Å². The fourth-order valence-electron chi connectivity index (χ4n) is 5.43. The number of nitrogens with zero attached hydrogens (tertiary/aromatic N) is 5. The molecule has 2 unspecified atom stereocenters. The zero-order valence-corrected chi connectivity index (χ0v) is 19.4. The van der Waals surface area contributed by atoms with E-state index in [9.17, 15) is 22.8 Å². The Balaban J connectivity index is 1.27. The second kappa shape index (κ2) is 8.42. The molecule has 0 aromatic carbocycles. The molecule has 3 aliphatic rings. The highest BCUT2D eigenvalue weighted by molar-refractivity contribution is 5.77. The fraction of sp³-hybridized carbons (Fsp3) is 0.565. The Morgan fingerprint density at radius 1 is 1.26 bits per heavy atom. The van der Waals surface area contributed by atoms with Gasteiger partial charge in [0.1, 0.15) is 5.82 Å². The monoisotopic (exact) mass is 491 g/mol. The second-order valence-corrected chi connectivity index (χ2v) is 9.85. The van der Waals surface area contributed by atoms with Gasteiger partial charge in [0.25, 0.3) is 0 Å². The van der Waals surface area contributed by atoms with Crippen LogP contribution in [0.15, 0.2) is 18.3 Å². The maximum absolute atomic E-state index is 13.3. The van der Waals surface area contributed by atoms with Crippen LogP contribution < -0.4 is 11.1 Å². The minimum atomic E-state index is -4.60. The summed E-state index contributed by atoms with van der Waals surface area (Å²) >= 11 is 0. The Labute approximate surface area is 200 Å². The lowest BCUT2D eigenvalue weighted by Crippen LogP contribution is -2.44. The smallest absolute Gasteiger partial charge is 0.383 e. The molecule has 12 heteroatoms. The number of piperidine rings is 1. The number of aryl methyl sites for hydroxylation is 1. The lowest BCUT2D eigenvalue weighted by atomic mass is 9.82. The number of fused-ring (bicyclic) bond motifs is 2. The molecule has 3 N–H and O–H groups in total. The average molecular weight is 492 g/mol. The lowest BCUT2D eigenvalue weighted by molar-refractivity contribution is -0.137. The van der Waals surface area contributed by atoms with Crippen LogP contribution in [-0.2, 0) is 22.9 Å². The number of pyridine rings is 1. The van der Waals surface area contributed by atoms with E-state index in [2.05, 4.69) is 15.4 Å². The molecule has 5 rings (SSSR count). The molecule has 0 radical (unpaired) electrons. The fourth-order valence-corrected chi connectivity index (χ4v) is 5.43. The molecule has 0 bridgehead atoms. The van der Waals surface area contributed by atoms with Gasteiger partial charge in [-0.2, -0.15) is 18.3 Å². The number of nitrogen functional groups attached to an aromatic ring is 1. The van der Waals surface area contributed by atoms with Crippen molar-refractivity contribution in [2.75, 3.05) is 39.0 Å². The standard InChI is InChI=1S/C23H28F3N7O2/c1-31-5-2-14(8-19(31)34)11-29-21(35)32-6-3-22(13-32)4-7-33-18(22)10-17(30-33)15-9-16(23(24,25)26)20(27)28-12-15/h9-10,12,14H,2-8,11,13H2,1H3,(H2,27,28)(H,29,35). The number of urea groups is 1. The summed E-state index contributed by atoms with van der Waals surface area (Å²) < 4.78 is 41.7. The van der Waals surface area contributed by atoms with Crippen molar-refractivity contribution >= 4 is 17.8 Å². The summed E-state index contributed by atoms with van der Waals surface area (Å²) in [5.41, 5.74) is 5.76. The maximum atomic E-state index is 13.3. The average Bonchev–Trinajstić information content (AvgIpc) is 3.51. The summed E-state index contributed by atoms with van der Waals surface area (Å²) in [6.07, 6.45) is -0.416. The van der Waals surface area contributed by atoms with Gasteiger partial charge in [0.2, 0.25) is 5.91 Å². The van der Waals surface area contributed by atoms with Crippen molar-refractivity contribution in [1.82, 2.24) is 29.9 Å². The summed E-state index contributed by atoms with van der Waals surface area (Å²) in [4.78, 5) is 32.0. The van der Waals surface area contributed by atoms with Crippen LogP contribution in [0.1, 0.15) is 36.9 Å². The van der Waals surface area contributed by atoms with E-state index in [1.54, 1.807) is 16.8 Å². The minimum absolute atomic E-state index is 0.101. The first-order valence-corrected chi connectivity index (χ1v) is 11.7. The number of anilines is 1. The highest BCUT2D eigenvalue weighted by atomic mass is 19.4. The van der Waals surface area contributed by atoms with Crippen molar-refractivity contribution in [3.8, 4) is 11.3 Å². The summed E-state index contributed by atoms with van der Waals surface area (Å²) in [5, 5.41) is 7.51. The number of rotatable bonds is 3. The molecule has 2 atom stereocenters. The van der Waals surface area contributed by atoms with Gasteiger partial charge in [-0.25, -0.2) is 9.78 Å². The van der Waals surface area contributed by atoms with E-state index >= 15 is 0 Å². The topological polar surface area (TPSA) is 109 Å². The molecule has 0 aliphatic carbocycles. The third-order valence-electron chi connectivity index (χ3n) is 7.59. The lowest BCUT2D eigenvalue weighted by Gasteiger charge is -2.29. The molecule has 3 aliphatic heterocycles. The first kappa shape index (κ1) is 23.4. The Morgan fingerprint density at radius 3 is 2.77 bits per heavy atom. The first-order valence-electron chi connectivity index (χ1n) is 11.7. The van der Waals surface area contributed by atoms with Crippen molar-refractivity contribution in [2.24, 2.45) is 5.92 Å². The summed E-state index contributed by atoms with van der Waals surface area (Å²) in [6, 6.07) is 2.64. The van der Waals surface area contributed by atoms with E-state index in [0.717, 1.165) is 31.0 Å². The second-order valence-electron chi connectivity index (χ2n) is 9.85. The van der Waals surface area contributed by atoms with Crippen LogP contribution in [0.3, 0.4) is 0 Å². The normalized spacial score (nSPS) is 24.3. The van der Waals surface area contributed by atoms with Gasteiger partial charge in [-0.3, -0.25) is 9.48 Å². The molecule has 2 fully saturated rings. The molecular formula is C23H28F3N7O2. The minimum Gasteiger partial charge on any atom is -0.383 e. The highest BCUT2D eigenvalue weighted by Crippen LogP contribution is 2.44. The highest BCUT2D eigenvalue weighted by Gasteiger charge is 2.47. The number of nitrogens with one attached hydrogen (secondary N) is 1. The molecule has 5 heterocycles. The number of aromatic nitrogens is 3. The van der Waals surface area contributed by atoms with Crippen LogP contribution in [0.2, 0.25) is 0 Å². The van der Waals surface area contributed by atoms with Gasteiger partial charge in [0, 0.05) is 69.1 Å². The van der Waals surface area contributed by atoms with Crippen LogP contribution in [0, 0.1) is 5.92 Å². The van der Waals surface area contributed by atoms with Crippen LogP contribution in [0.25, 0.3) is 11.3 Å². The number of carbonyl (C=O) groups is 2. The number of alkyl halides is 3. The largest absolute Gasteiger partial charge is 0.419 e. The van der Waals surface area contributed by atoms with Gasteiger partial charge in [-0.15, -0.1) is 0 Å². The zero-order chi connectivity index (χ0) is 25.0. The van der Waals surface area contributed by atoms with Crippen molar-refractivity contribution < 1.29 is 22.8 Å². The molecule has 35 heavy (non-hydrogen) atoms. The number of hydrogen-bond donors (Lipinski definition) is 2. The Kier molecular flexibility index (Phi) is 5.64. The molecular weight excluding hydrogens is 463 g/mol. The SMILES string of the molecule is CN1CCC(CNC(=O)N2CCC3(CCn4nc(-c5cnc(N)c(C(F)(F)F)c5)cc43)C2)CC1=O. The van der Waals surface area contributed by atoms with Gasteiger partial charge in [0.05, 0.1) is 11.3 Å². The number of likely N-dealkylation sites (tertiary alicyclic amines) is 2. The molecule has 0 saturated carbocycles.